The molecule has 162 valence electrons. The molecule has 0 nitrogen and oxygen atoms in total. The van der Waals surface area contributed by atoms with Gasteiger partial charge in [-0.05, 0) is 103 Å². The third kappa shape index (κ3) is 5.00. The second kappa shape index (κ2) is 8.99. The summed E-state index contributed by atoms with van der Waals surface area (Å²) < 4.78 is 0. The van der Waals surface area contributed by atoms with Crippen molar-refractivity contribution >= 4 is 0 Å². The molecule has 0 aromatic heterocycles. The summed E-state index contributed by atoms with van der Waals surface area (Å²) in [6.45, 7) is 18.8. The van der Waals surface area contributed by atoms with Crippen molar-refractivity contribution in [2.45, 2.75) is 99.3 Å². The molecule has 0 saturated heterocycles. The Morgan fingerprint density at radius 1 is 1.10 bits per heavy atom. The monoisotopic (exact) mass is 394 g/mol. The van der Waals surface area contributed by atoms with E-state index in [0.29, 0.717) is 22.7 Å². The van der Waals surface area contributed by atoms with Crippen molar-refractivity contribution in [3.05, 3.63) is 47.6 Å². The van der Waals surface area contributed by atoms with E-state index in [-0.39, 0.29) is 0 Å². The summed E-state index contributed by atoms with van der Waals surface area (Å²) in [7, 11) is 0. The topological polar surface area (TPSA) is 0 Å². The highest BCUT2D eigenvalue weighted by molar-refractivity contribution is 5.36. The largest absolute Gasteiger partial charge is 0.0953 e. The van der Waals surface area contributed by atoms with Crippen LogP contribution in [-0.4, -0.2) is 0 Å². The van der Waals surface area contributed by atoms with Gasteiger partial charge in [-0.3, -0.25) is 0 Å². The summed E-state index contributed by atoms with van der Waals surface area (Å²) in [4.78, 5) is 0. The van der Waals surface area contributed by atoms with Crippen LogP contribution in [0.2, 0.25) is 0 Å². The third-order valence-electron chi connectivity index (χ3n) is 8.96. The summed E-state index contributed by atoms with van der Waals surface area (Å²) in [5.74, 6) is 2.98. The van der Waals surface area contributed by atoms with Gasteiger partial charge >= 0.3 is 0 Å². The van der Waals surface area contributed by atoms with E-state index in [1.54, 1.807) is 5.57 Å². The highest BCUT2D eigenvalue weighted by Crippen LogP contribution is 2.58. The zero-order valence-corrected chi connectivity index (χ0v) is 20.2. The molecule has 0 spiro atoms. The lowest BCUT2D eigenvalue weighted by Gasteiger charge is -2.42. The van der Waals surface area contributed by atoms with Gasteiger partial charge < -0.3 is 0 Å². The van der Waals surface area contributed by atoms with Gasteiger partial charge in [-0.2, -0.15) is 0 Å². The second-order valence-electron chi connectivity index (χ2n) is 11.8. The van der Waals surface area contributed by atoms with Crippen molar-refractivity contribution < 1.29 is 0 Å². The van der Waals surface area contributed by atoms with Gasteiger partial charge in [0.1, 0.15) is 0 Å². The van der Waals surface area contributed by atoms with Crippen molar-refractivity contribution in [3.8, 4) is 0 Å². The second-order valence-corrected chi connectivity index (χ2v) is 11.8. The molecule has 0 heterocycles. The number of fused-ring (bicyclic) bond motifs is 1. The predicted octanol–water partition coefficient (Wildman–Crippen LogP) is 9.06. The highest BCUT2D eigenvalue weighted by Gasteiger charge is 2.48. The Kier molecular flexibility index (Phi) is 7.02. The van der Waals surface area contributed by atoms with Crippen LogP contribution in [0.5, 0.6) is 0 Å². The average molecular weight is 395 g/mol. The van der Waals surface area contributed by atoms with Crippen LogP contribution in [0, 0.1) is 34.5 Å². The van der Waals surface area contributed by atoms with Gasteiger partial charge in [-0.1, -0.05) is 78.0 Å². The molecule has 3 aliphatic rings. The maximum Gasteiger partial charge on any atom is -0.0143 e. The van der Waals surface area contributed by atoms with Crippen molar-refractivity contribution in [2.24, 2.45) is 34.5 Å². The van der Waals surface area contributed by atoms with Crippen LogP contribution in [0.15, 0.2) is 47.6 Å². The summed E-state index contributed by atoms with van der Waals surface area (Å²) in [6, 6.07) is 0. The summed E-state index contributed by atoms with van der Waals surface area (Å²) in [5.41, 5.74) is 5.54. The molecular weight excluding hydrogens is 348 g/mol. The van der Waals surface area contributed by atoms with Gasteiger partial charge in [-0.25, -0.2) is 0 Å². The predicted molar refractivity (Wildman–Crippen MR) is 129 cm³/mol. The van der Waals surface area contributed by atoms with Gasteiger partial charge in [-0.15, -0.1) is 0 Å². The number of hydrogen-bond acceptors (Lipinski definition) is 0. The van der Waals surface area contributed by atoms with Crippen LogP contribution in [0.1, 0.15) is 99.3 Å². The smallest absolute Gasteiger partial charge is 0.0143 e. The lowest BCUT2D eigenvalue weighted by molar-refractivity contribution is 0.137. The molecular formula is C29H46. The maximum atomic E-state index is 4.39. The molecule has 5 atom stereocenters. The molecule has 5 unspecified atom stereocenters. The number of hydrogen-bond donors (Lipinski definition) is 0. The molecule has 0 N–H and O–H groups in total. The molecule has 0 heteroatoms. The molecule has 0 bridgehead atoms. The fraction of sp³-hybridized carbons (Fsp3) is 0.724. The summed E-state index contributed by atoms with van der Waals surface area (Å²) in [5, 5.41) is 0. The Morgan fingerprint density at radius 3 is 2.59 bits per heavy atom. The van der Waals surface area contributed by atoms with Crippen LogP contribution < -0.4 is 0 Å². The minimum absolute atomic E-state index is 0.369. The zero-order chi connectivity index (χ0) is 21.2. The van der Waals surface area contributed by atoms with Gasteiger partial charge in [0.2, 0.25) is 0 Å². The zero-order valence-electron chi connectivity index (χ0n) is 20.2. The van der Waals surface area contributed by atoms with E-state index in [0.717, 1.165) is 11.8 Å². The fourth-order valence-electron chi connectivity index (χ4n) is 6.12. The fourth-order valence-corrected chi connectivity index (χ4v) is 6.12. The number of rotatable bonds is 4. The molecule has 29 heavy (non-hydrogen) atoms. The van der Waals surface area contributed by atoms with E-state index in [4.69, 9.17) is 0 Å². The van der Waals surface area contributed by atoms with E-state index in [9.17, 15) is 0 Å². The minimum atomic E-state index is 0.369. The van der Waals surface area contributed by atoms with Crippen molar-refractivity contribution in [1.82, 2.24) is 0 Å². The van der Waals surface area contributed by atoms with E-state index in [2.05, 4.69) is 72.4 Å². The first-order valence-corrected chi connectivity index (χ1v) is 12.4. The Bertz CT molecular complexity index is 679. The van der Waals surface area contributed by atoms with Crippen LogP contribution in [0.3, 0.4) is 0 Å². The van der Waals surface area contributed by atoms with Gasteiger partial charge in [0.15, 0.2) is 0 Å². The van der Waals surface area contributed by atoms with E-state index in [1.165, 1.54) is 68.9 Å². The molecule has 0 aliphatic heterocycles. The standard InChI is InChI=1S/C29H46/c1-21-11-8-13-24(23(21)3)16-17-25-14-10-20-29(7)26(18-19-27(25)29)15-9-12-22(2)28(4,5)6/h9,12,16-17,21-22,26-27H,3,8,10-11,13-15,18-20H2,1-2,4-7H3. The molecule has 0 aromatic rings. The van der Waals surface area contributed by atoms with Gasteiger partial charge in [0, 0.05) is 0 Å². The molecule has 0 amide bonds. The maximum absolute atomic E-state index is 4.39. The Hall–Kier alpha value is -1.04. The van der Waals surface area contributed by atoms with E-state index in [1.807, 2.05) is 0 Å². The molecule has 3 rings (SSSR count). The molecule has 3 aliphatic carbocycles. The average Bonchev–Trinajstić information content (AvgIpc) is 2.99. The van der Waals surface area contributed by atoms with Gasteiger partial charge in [0.25, 0.3) is 0 Å². The van der Waals surface area contributed by atoms with Crippen LogP contribution in [-0.2, 0) is 0 Å². The number of allylic oxidation sites excluding steroid dienone is 7. The Morgan fingerprint density at radius 2 is 1.86 bits per heavy atom. The van der Waals surface area contributed by atoms with Crippen LogP contribution in [0.25, 0.3) is 0 Å². The summed E-state index contributed by atoms with van der Waals surface area (Å²) >= 11 is 0. The molecule has 0 radical (unpaired) electrons. The van der Waals surface area contributed by atoms with E-state index >= 15 is 0 Å². The van der Waals surface area contributed by atoms with Gasteiger partial charge in [0.05, 0.1) is 0 Å². The minimum Gasteiger partial charge on any atom is -0.0953 e. The SMILES string of the molecule is C=C1C(=CC=C2CCCC3(C)C(CC=CC(C)C(C)(C)C)CCC23)CCCC1C. The Labute approximate surface area is 181 Å². The Balaban J connectivity index is 1.70. The first-order valence-electron chi connectivity index (χ1n) is 12.4. The van der Waals surface area contributed by atoms with Crippen molar-refractivity contribution in [2.75, 3.05) is 0 Å². The summed E-state index contributed by atoms with van der Waals surface area (Å²) in [6.07, 6.45) is 22.0. The first kappa shape index (κ1) is 22.6. The molecule has 3 fully saturated rings. The van der Waals surface area contributed by atoms with Crippen LogP contribution >= 0.6 is 0 Å². The normalized spacial score (nSPS) is 37.4. The quantitative estimate of drug-likeness (QED) is 0.417. The molecule has 3 saturated carbocycles. The van der Waals surface area contributed by atoms with Crippen molar-refractivity contribution in [3.63, 3.8) is 0 Å². The molecule has 0 aromatic carbocycles. The van der Waals surface area contributed by atoms with Crippen LogP contribution in [0.4, 0.5) is 0 Å². The third-order valence-corrected chi connectivity index (χ3v) is 8.96. The van der Waals surface area contributed by atoms with Crippen molar-refractivity contribution in [1.29, 1.82) is 0 Å². The highest BCUT2D eigenvalue weighted by atomic mass is 14.5. The lowest BCUT2D eigenvalue weighted by Crippen LogP contribution is -2.33. The van der Waals surface area contributed by atoms with E-state index < -0.39 is 0 Å². The first-order chi connectivity index (χ1) is 13.6. The lowest BCUT2D eigenvalue weighted by atomic mass is 9.63.